The summed E-state index contributed by atoms with van der Waals surface area (Å²) in [5, 5.41) is 25.4. The second-order valence-corrected chi connectivity index (χ2v) is 8.73. The molecule has 3 N–H and O–H groups in total. The van der Waals surface area contributed by atoms with Crippen molar-refractivity contribution in [2.24, 2.45) is 0 Å². The summed E-state index contributed by atoms with van der Waals surface area (Å²) < 4.78 is 34.4. The van der Waals surface area contributed by atoms with Gasteiger partial charge < -0.3 is 10.1 Å². The minimum absolute atomic E-state index is 0.0913. The Kier molecular flexibility index (Phi) is 6.52. The number of sulfonamides is 1. The quantitative estimate of drug-likeness (QED) is 0.325. The molecular weight excluding hydrogens is 454 g/mol. The van der Waals surface area contributed by atoms with Gasteiger partial charge in [-0.3, -0.25) is 4.72 Å². The van der Waals surface area contributed by atoms with Gasteiger partial charge in [0, 0.05) is 17.6 Å². The van der Waals surface area contributed by atoms with Crippen molar-refractivity contribution in [2.75, 3.05) is 10.0 Å². The van der Waals surface area contributed by atoms with Crippen LogP contribution in [0.1, 0.15) is 11.4 Å². The number of aromatic amines is 1. The van der Waals surface area contributed by atoms with E-state index >= 15 is 0 Å². The molecule has 0 aliphatic carbocycles. The van der Waals surface area contributed by atoms with Crippen LogP contribution in [-0.2, 0) is 10.0 Å². The molecule has 0 atom stereocenters. The van der Waals surface area contributed by atoms with E-state index in [0.717, 1.165) is 0 Å². The first-order valence-corrected chi connectivity index (χ1v) is 11.5. The van der Waals surface area contributed by atoms with Gasteiger partial charge in [-0.25, -0.2) is 8.42 Å². The molecule has 4 rings (SSSR count). The van der Waals surface area contributed by atoms with Gasteiger partial charge in [0.2, 0.25) is 5.82 Å². The Balaban J connectivity index is 1.50. The zero-order valence-corrected chi connectivity index (χ0v) is 18.7. The van der Waals surface area contributed by atoms with E-state index in [1.807, 2.05) is 36.4 Å². The molecule has 0 bridgehead atoms. The number of hydrogen-bond acceptors (Lipinski definition) is 8. The number of nitrogens with one attached hydrogen (secondary N) is 3. The number of rotatable bonds is 8. The van der Waals surface area contributed by atoms with Crippen LogP contribution in [-0.4, -0.2) is 29.0 Å². The Hall–Kier alpha value is -4.69. The second kappa shape index (κ2) is 9.85. The average molecular weight is 474 g/mol. The Morgan fingerprint density at radius 2 is 1.74 bits per heavy atom. The van der Waals surface area contributed by atoms with Crippen LogP contribution in [0, 0.1) is 18.3 Å². The van der Waals surface area contributed by atoms with Gasteiger partial charge in [-0.15, -0.1) is 10.2 Å². The molecule has 0 saturated carbocycles. The number of para-hydroxylation sites is 1. The molecule has 1 heterocycles. The number of benzene rings is 3. The Morgan fingerprint density at radius 3 is 2.41 bits per heavy atom. The van der Waals surface area contributed by atoms with Gasteiger partial charge in [-0.05, 0) is 66.2 Å². The first-order valence-electron chi connectivity index (χ1n) is 10.0. The third-order valence-corrected chi connectivity index (χ3v) is 6.18. The van der Waals surface area contributed by atoms with E-state index in [1.165, 1.54) is 12.3 Å². The van der Waals surface area contributed by atoms with E-state index in [2.05, 4.69) is 30.7 Å². The largest absolute Gasteiger partial charge is 0.457 e. The maximum absolute atomic E-state index is 13.1. The Bertz CT molecular complexity index is 1440. The summed E-state index contributed by atoms with van der Waals surface area (Å²) in [5.41, 5.74) is 1.55. The molecule has 0 amide bonds. The van der Waals surface area contributed by atoms with Crippen LogP contribution >= 0.6 is 0 Å². The normalized spacial score (nSPS) is 11.5. The molecule has 0 aliphatic heterocycles. The Labute approximate surface area is 196 Å². The van der Waals surface area contributed by atoms with Crippen molar-refractivity contribution < 1.29 is 13.2 Å². The highest BCUT2D eigenvalue weighted by molar-refractivity contribution is 7.92. The highest BCUT2D eigenvalue weighted by atomic mass is 32.2. The van der Waals surface area contributed by atoms with Crippen LogP contribution in [0.5, 0.6) is 11.5 Å². The number of nitrogens with zero attached hydrogens (tertiary/aromatic N) is 4. The summed E-state index contributed by atoms with van der Waals surface area (Å²) in [7, 11) is -3.88. The summed E-state index contributed by atoms with van der Waals surface area (Å²) >= 11 is 0. The third-order valence-electron chi connectivity index (χ3n) is 4.65. The number of aryl methyl sites for hydroxylation is 1. The summed E-state index contributed by atoms with van der Waals surface area (Å²) in [4.78, 5) is 0.0913. The molecule has 3 aromatic carbocycles. The van der Waals surface area contributed by atoms with Gasteiger partial charge in [0.25, 0.3) is 10.0 Å². The minimum atomic E-state index is -3.88. The number of ether oxygens (including phenoxy) is 1. The highest BCUT2D eigenvalue weighted by Gasteiger charge is 2.18. The molecule has 0 aliphatic rings. The summed E-state index contributed by atoms with van der Waals surface area (Å²) in [6, 6.07) is 22.7. The number of allylic oxidation sites excluding steroid dienone is 1. The molecule has 4 aromatic rings. The van der Waals surface area contributed by atoms with Crippen molar-refractivity contribution in [1.82, 2.24) is 20.6 Å². The fraction of sp³-hybridized carbons (Fsp3) is 0.0435. The van der Waals surface area contributed by atoms with Crippen LogP contribution in [0.25, 0.3) is 5.57 Å². The fourth-order valence-electron chi connectivity index (χ4n) is 2.98. The molecule has 0 unspecified atom stereocenters. The molecule has 0 fully saturated rings. The molecular formula is C23H19N7O3S. The first kappa shape index (κ1) is 22.5. The lowest BCUT2D eigenvalue weighted by atomic mass is 10.2. The number of H-pyrrole nitrogens is 1. The zero-order valence-electron chi connectivity index (χ0n) is 17.9. The summed E-state index contributed by atoms with van der Waals surface area (Å²) in [6.07, 6.45) is 1.38. The molecule has 11 heteroatoms. The standard InChI is InChI=1S/C23H19N7O3S/c1-16-7-8-19(25-15-17(14-24)23-26-29-30-27-23)13-22(16)34(31,32)28-18-9-11-21(12-10-18)33-20-5-3-2-4-6-20/h2-13,15,25,28H,1H3,(H,26,27,29,30). The van der Waals surface area contributed by atoms with Gasteiger partial charge in [0.05, 0.1) is 4.90 Å². The lowest BCUT2D eigenvalue weighted by Crippen LogP contribution is -2.14. The topological polar surface area (TPSA) is 146 Å². The Morgan fingerprint density at radius 1 is 1.03 bits per heavy atom. The molecule has 1 aromatic heterocycles. The number of tetrazole rings is 1. The van der Waals surface area contributed by atoms with Gasteiger partial charge in [0.15, 0.2) is 0 Å². The molecule has 0 radical (unpaired) electrons. The van der Waals surface area contributed by atoms with Crippen molar-refractivity contribution in [3.8, 4) is 17.6 Å². The van der Waals surface area contributed by atoms with Gasteiger partial charge in [-0.1, -0.05) is 24.3 Å². The smallest absolute Gasteiger partial charge is 0.262 e. The molecule has 10 nitrogen and oxygen atoms in total. The minimum Gasteiger partial charge on any atom is -0.457 e. The lowest BCUT2D eigenvalue weighted by Gasteiger charge is -2.13. The third kappa shape index (κ3) is 5.37. The molecule has 34 heavy (non-hydrogen) atoms. The summed E-state index contributed by atoms with van der Waals surface area (Å²) in [5.74, 6) is 1.39. The number of aromatic nitrogens is 4. The van der Waals surface area contributed by atoms with Gasteiger partial charge in [-0.2, -0.15) is 10.5 Å². The average Bonchev–Trinajstić information content (AvgIpc) is 3.37. The maximum Gasteiger partial charge on any atom is 0.262 e. The van der Waals surface area contributed by atoms with Crippen molar-refractivity contribution >= 4 is 27.0 Å². The van der Waals surface area contributed by atoms with E-state index in [1.54, 1.807) is 43.3 Å². The van der Waals surface area contributed by atoms with Crippen LogP contribution < -0.4 is 14.8 Å². The lowest BCUT2D eigenvalue weighted by molar-refractivity contribution is 0.483. The van der Waals surface area contributed by atoms with E-state index in [-0.39, 0.29) is 16.3 Å². The van der Waals surface area contributed by atoms with E-state index in [0.29, 0.717) is 28.4 Å². The van der Waals surface area contributed by atoms with E-state index < -0.39 is 10.0 Å². The van der Waals surface area contributed by atoms with Crippen LogP contribution in [0.4, 0.5) is 11.4 Å². The van der Waals surface area contributed by atoms with Gasteiger partial charge in [0.1, 0.15) is 23.1 Å². The number of anilines is 2. The van der Waals surface area contributed by atoms with Crippen LogP contribution in [0.3, 0.4) is 0 Å². The van der Waals surface area contributed by atoms with E-state index in [4.69, 9.17) is 4.74 Å². The van der Waals surface area contributed by atoms with Crippen LogP contribution in [0.15, 0.2) is 83.9 Å². The summed E-state index contributed by atoms with van der Waals surface area (Å²) in [6.45, 7) is 1.70. The SMILES string of the molecule is Cc1ccc(NC=C(C#N)c2nn[nH]n2)cc1S(=O)(=O)Nc1ccc(Oc2ccccc2)cc1. The monoisotopic (exact) mass is 473 g/mol. The predicted molar refractivity (Wildman–Crippen MR) is 126 cm³/mol. The van der Waals surface area contributed by atoms with Crippen molar-refractivity contribution in [2.45, 2.75) is 11.8 Å². The first-order chi connectivity index (χ1) is 16.4. The predicted octanol–water partition coefficient (Wildman–Crippen LogP) is 4.08. The van der Waals surface area contributed by atoms with Crippen LogP contribution in [0.2, 0.25) is 0 Å². The number of hydrogen-bond donors (Lipinski definition) is 3. The molecule has 0 saturated heterocycles. The van der Waals surface area contributed by atoms with Gasteiger partial charge >= 0.3 is 0 Å². The van der Waals surface area contributed by atoms with E-state index in [9.17, 15) is 13.7 Å². The van der Waals surface area contributed by atoms with Crippen molar-refractivity contribution in [1.29, 1.82) is 5.26 Å². The highest BCUT2D eigenvalue weighted by Crippen LogP contribution is 2.26. The fourth-order valence-corrected chi connectivity index (χ4v) is 4.31. The molecule has 170 valence electrons. The molecule has 0 spiro atoms. The number of nitriles is 1. The van der Waals surface area contributed by atoms with Crippen molar-refractivity contribution in [3.63, 3.8) is 0 Å². The van der Waals surface area contributed by atoms with Crippen molar-refractivity contribution in [3.05, 3.63) is 90.4 Å². The maximum atomic E-state index is 13.1. The zero-order chi connectivity index (χ0) is 24.0. The second-order valence-electron chi connectivity index (χ2n) is 7.07.